The minimum Gasteiger partial charge on any atom is -0.746 e. The summed E-state index contributed by atoms with van der Waals surface area (Å²) in [5, 5.41) is 29.3. The van der Waals surface area contributed by atoms with Gasteiger partial charge in [0.2, 0.25) is 0 Å². The van der Waals surface area contributed by atoms with Crippen molar-refractivity contribution in [1.82, 2.24) is 5.32 Å². The van der Waals surface area contributed by atoms with Crippen LogP contribution in [0.15, 0.2) is 0 Å². The second-order valence-electron chi connectivity index (χ2n) is 3.15. The predicted molar refractivity (Wildman–Crippen MR) is 50.9 cm³/mol. The van der Waals surface area contributed by atoms with Crippen LogP contribution in [0, 0.1) is 0 Å². The van der Waals surface area contributed by atoms with E-state index in [1.807, 2.05) is 0 Å². The maximum absolute atomic E-state index is 10.3. The van der Waals surface area contributed by atoms with Crippen molar-refractivity contribution in [1.29, 1.82) is 0 Å². The van der Waals surface area contributed by atoms with E-state index in [1.54, 1.807) is 6.92 Å². The van der Waals surface area contributed by atoms with Gasteiger partial charge in [-0.1, -0.05) is 6.92 Å². The van der Waals surface area contributed by atoms with Crippen molar-refractivity contribution in [3.63, 3.8) is 0 Å². The molecule has 8 heteroatoms. The average molecular weight is 242 g/mol. The number of hydrogen-bond donors (Lipinski definition) is 4. The molecule has 4 N–H and O–H groups in total. The fraction of sp³-hybridized carbons (Fsp3) is 1.00. The van der Waals surface area contributed by atoms with Crippen molar-refractivity contribution >= 4 is 10.1 Å². The summed E-state index contributed by atoms with van der Waals surface area (Å²) in [5.41, 5.74) is -2.35. The van der Waals surface area contributed by atoms with Crippen LogP contribution in [0.1, 0.15) is 13.3 Å². The Morgan fingerprint density at radius 2 is 1.93 bits per heavy atom. The Bertz CT molecular complexity index is 263. The van der Waals surface area contributed by atoms with Gasteiger partial charge in [-0.05, 0) is 6.42 Å². The lowest BCUT2D eigenvalue weighted by atomic mass is 10.2. The SMILES string of the molecule is CCC(CO)NCC(O)C(O)S(=O)(=O)[O-]. The highest BCUT2D eigenvalue weighted by Gasteiger charge is 2.22. The van der Waals surface area contributed by atoms with Gasteiger partial charge in [-0.3, -0.25) is 0 Å². The molecule has 0 amide bonds. The van der Waals surface area contributed by atoms with E-state index >= 15 is 0 Å². The number of aliphatic hydroxyl groups is 3. The zero-order valence-corrected chi connectivity index (χ0v) is 9.14. The first-order valence-corrected chi connectivity index (χ1v) is 5.95. The van der Waals surface area contributed by atoms with Crippen LogP contribution in [0.4, 0.5) is 0 Å². The monoisotopic (exact) mass is 242 g/mol. The molecule has 7 nitrogen and oxygen atoms in total. The molecule has 0 saturated heterocycles. The molecule has 0 aliphatic heterocycles. The van der Waals surface area contributed by atoms with Crippen molar-refractivity contribution in [2.24, 2.45) is 0 Å². The summed E-state index contributed by atoms with van der Waals surface area (Å²) >= 11 is 0. The van der Waals surface area contributed by atoms with Gasteiger partial charge in [0.05, 0.1) is 6.61 Å². The summed E-state index contributed by atoms with van der Waals surface area (Å²) in [6.07, 6.45) is -1.13. The quantitative estimate of drug-likeness (QED) is 0.365. The van der Waals surface area contributed by atoms with Gasteiger partial charge in [0.1, 0.15) is 16.2 Å². The van der Waals surface area contributed by atoms with E-state index in [9.17, 15) is 13.0 Å². The number of nitrogens with one attached hydrogen (secondary N) is 1. The van der Waals surface area contributed by atoms with E-state index in [4.69, 9.17) is 15.3 Å². The van der Waals surface area contributed by atoms with Crippen LogP contribution in [0.5, 0.6) is 0 Å². The molecular weight excluding hydrogens is 226 g/mol. The van der Waals surface area contributed by atoms with Crippen LogP contribution in [0.2, 0.25) is 0 Å². The molecule has 0 heterocycles. The Morgan fingerprint density at radius 3 is 2.27 bits per heavy atom. The molecule has 15 heavy (non-hydrogen) atoms. The van der Waals surface area contributed by atoms with Crippen LogP contribution in [0.3, 0.4) is 0 Å². The number of rotatable bonds is 7. The normalized spacial score (nSPS) is 18.5. The molecular formula is C7H16NO6S-. The summed E-state index contributed by atoms with van der Waals surface area (Å²) < 4.78 is 30.9. The maximum atomic E-state index is 10.3. The molecule has 0 aliphatic rings. The van der Waals surface area contributed by atoms with Crippen LogP contribution in [0.25, 0.3) is 0 Å². The Kier molecular flexibility index (Phi) is 6.25. The molecule has 3 unspecified atom stereocenters. The number of aliphatic hydroxyl groups excluding tert-OH is 3. The number of hydrogen-bond acceptors (Lipinski definition) is 7. The van der Waals surface area contributed by atoms with E-state index in [0.717, 1.165) is 0 Å². The van der Waals surface area contributed by atoms with Gasteiger partial charge >= 0.3 is 0 Å². The molecule has 0 spiro atoms. The van der Waals surface area contributed by atoms with Crippen molar-refractivity contribution in [3.8, 4) is 0 Å². The molecule has 0 aromatic carbocycles. The molecule has 0 bridgehead atoms. The van der Waals surface area contributed by atoms with Gasteiger partial charge in [0.15, 0.2) is 5.44 Å². The molecule has 0 aliphatic carbocycles. The fourth-order valence-electron chi connectivity index (χ4n) is 0.919. The molecule has 0 saturated carbocycles. The second kappa shape index (κ2) is 6.36. The van der Waals surface area contributed by atoms with Crippen molar-refractivity contribution in [2.75, 3.05) is 13.2 Å². The Labute approximate surface area is 88.5 Å². The van der Waals surface area contributed by atoms with Gasteiger partial charge < -0.3 is 25.2 Å². The van der Waals surface area contributed by atoms with Gasteiger partial charge in [0, 0.05) is 12.6 Å². The van der Waals surface area contributed by atoms with Crippen LogP contribution in [-0.2, 0) is 10.1 Å². The molecule has 92 valence electrons. The summed E-state index contributed by atoms with van der Waals surface area (Å²) in [4.78, 5) is 0. The highest BCUT2D eigenvalue weighted by atomic mass is 32.2. The third-order valence-electron chi connectivity index (χ3n) is 1.95. The third kappa shape index (κ3) is 5.40. The summed E-state index contributed by atoms with van der Waals surface area (Å²) in [6, 6.07) is -0.304. The Balaban J connectivity index is 4.09. The van der Waals surface area contributed by atoms with E-state index in [1.165, 1.54) is 0 Å². The molecule has 0 radical (unpaired) electrons. The maximum Gasteiger partial charge on any atom is 0.170 e. The topological polar surface area (TPSA) is 130 Å². The minimum absolute atomic E-state index is 0.177. The summed E-state index contributed by atoms with van der Waals surface area (Å²) in [7, 11) is -4.91. The van der Waals surface area contributed by atoms with Crippen LogP contribution in [-0.4, -0.2) is 59.0 Å². The third-order valence-corrected chi connectivity index (χ3v) is 2.86. The highest BCUT2D eigenvalue weighted by molar-refractivity contribution is 7.86. The molecule has 3 atom stereocenters. The van der Waals surface area contributed by atoms with E-state index in [2.05, 4.69) is 5.32 Å². The van der Waals surface area contributed by atoms with Gasteiger partial charge in [-0.25, -0.2) is 8.42 Å². The molecule has 0 fully saturated rings. The first-order chi connectivity index (χ1) is 6.82. The van der Waals surface area contributed by atoms with E-state index in [0.29, 0.717) is 6.42 Å². The largest absolute Gasteiger partial charge is 0.746 e. The lowest BCUT2D eigenvalue weighted by Gasteiger charge is -2.23. The minimum atomic E-state index is -4.91. The summed E-state index contributed by atoms with van der Waals surface area (Å²) in [5.74, 6) is 0. The smallest absolute Gasteiger partial charge is 0.170 e. The van der Waals surface area contributed by atoms with Gasteiger partial charge in [-0.2, -0.15) is 0 Å². The van der Waals surface area contributed by atoms with Crippen LogP contribution < -0.4 is 5.32 Å². The lowest BCUT2D eigenvalue weighted by Crippen LogP contribution is -2.44. The van der Waals surface area contributed by atoms with E-state index in [-0.39, 0.29) is 19.2 Å². The summed E-state index contributed by atoms with van der Waals surface area (Å²) in [6.45, 7) is 1.33. The van der Waals surface area contributed by atoms with E-state index < -0.39 is 21.7 Å². The second-order valence-corrected chi connectivity index (χ2v) is 4.62. The fourth-order valence-corrected chi connectivity index (χ4v) is 1.40. The first kappa shape index (κ1) is 14.8. The van der Waals surface area contributed by atoms with Gasteiger partial charge in [-0.15, -0.1) is 0 Å². The average Bonchev–Trinajstić information content (AvgIpc) is 2.16. The zero-order valence-electron chi connectivity index (χ0n) is 8.33. The molecule has 0 aromatic rings. The Morgan fingerprint density at radius 1 is 1.40 bits per heavy atom. The van der Waals surface area contributed by atoms with Crippen LogP contribution >= 0.6 is 0 Å². The zero-order chi connectivity index (χ0) is 12.1. The standard InChI is InChI=1S/C7H17NO6S/c1-2-5(4-9)8-3-6(10)7(11)15(12,13)14/h5-11H,2-4H2,1H3,(H,12,13,14)/p-1. The first-order valence-electron chi connectivity index (χ1n) is 4.48. The highest BCUT2D eigenvalue weighted by Crippen LogP contribution is 2.01. The van der Waals surface area contributed by atoms with Gasteiger partial charge in [0.25, 0.3) is 0 Å². The lowest BCUT2D eigenvalue weighted by molar-refractivity contribution is 0.0576. The molecule has 0 rings (SSSR count). The van der Waals surface area contributed by atoms with Crippen molar-refractivity contribution in [3.05, 3.63) is 0 Å². The molecule has 0 aromatic heterocycles. The van der Waals surface area contributed by atoms with Crippen molar-refractivity contribution in [2.45, 2.75) is 30.9 Å². The van der Waals surface area contributed by atoms with Crippen molar-refractivity contribution < 1.29 is 28.3 Å². The Hall–Kier alpha value is -0.250. The predicted octanol–water partition coefficient (Wildman–Crippen LogP) is -2.43.